The number of hydrogen-bond donors (Lipinski definition) is 1. The first kappa shape index (κ1) is 15.8. The van der Waals surface area contributed by atoms with Crippen molar-refractivity contribution in [1.29, 1.82) is 0 Å². The van der Waals surface area contributed by atoms with Crippen molar-refractivity contribution >= 4 is 11.9 Å². The summed E-state index contributed by atoms with van der Waals surface area (Å²) in [5.74, 6) is -2.36. The number of nitrogens with two attached hydrogens (primary N) is 1. The Hall–Kier alpha value is -2.25. The van der Waals surface area contributed by atoms with Gasteiger partial charge in [-0.1, -0.05) is 0 Å². The molecule has 0 aromatic heterocycles. The fourth-order valence-electron chi connectivity index (χ4n) is 1.37. The van der Waals surface area contributed by atoms with E-state index in [1.807, 2.05) is 0 Å². The van der Waals surface area contributed by atoms with Crippen LogP contribution in [0.15, 0.2) is 18.2 Å². The first-order chi connectivity index (χ1) is 9.25. The second-order valence-corrected chi connectivity index (χ2v) is 3.67. The molecule has 1 rings (SSSR count). The number of ether oxygens (including phenoxy) is 2. The van der Waals surface area contributed by atoms with Crippen LogP contribution in [0.1, 0.15) is 22.8 Å². The van der Waals surface area contributed by atoms with E-state index in [0.29, 0.717) is 6.07 Å². The minimum absolute atomic E-state index is 0.0922. The SMILES string of the molecule is CCOC(=O)COc1ccc(C(N)=O)cc1C(F)(F)F. The Balaban J connectivity index is 3.01. The number of esters is 1. The van der Waals surface area contributed by atoms with Crippen molar-refractivity contribution in [2.45, 2.75) is 13.1 Å². The van der Waals surface area contributed by atoms with E-state index in [4.69, 9.17) is 10.5 Å². The number of halogens is 3. The smallest absolute Gasteiger partial charge is 0.419 e. The van der Waals surface area contributed by atoms with Crippen molar-refractivity contribution in [2.75, 3.05) is 13.2 Å². The Morgan fingerprint density at radius 1 is 1.30 bits per heavy atom. The number of carbonyl (C=O) groups is 2. The number of carbonyl (C=O) groups excluding carboxylic acids is 2. The maximum Gasteiger partial charge on any atom is 0.419 e. The molecule has 0 fully saturated rings. The van der Waals surface area contributed by atoms with Crippen molar-refractivity contribution in [2.24, 2.45) is 5.73 Å². The van der Waals surface area contributed by atoms with Gasteiger partial charge in [-0.2, -0.15) is 13.2 Å². The predicted octanol–water partition coefficient (Wildman–Crippen LogP) is 1.75. The molecule has 0 bridgehead atoms. The number of benzene rings is 1. The van der Waals surface area contributed by atoms with E-state index >= 15 is 0 Å². The molecule has 8 heteroatoms. The molecular formula is C12H12F3NO4. The van der Waals surface area contributed by atoms with Crippen LogP contribution >= 0.6 is 0 Å². The molecule has 0 spiro atoms. The van der Waals surface area contributed by atoms with Crippen LogP contribution in [-0.4, -0.2) is 25.1 Å². The van der Waals surface area contributed by atoms with Crippen LogP contribution in [0.3, 0.4) is 0 Å². The third kappa shape index (κ3) is 4.15. The lowest BCUT2D eigenvalue weighted by Crippen LogP contribution is -2.18. The highest BCUT2D eigenvalue weighted by Crippen LogP contribution is 2.36. The van der Waals surface area contributed by atoms with Gasteiger partial charge in [0.1, 0.15) is 5.75 Å². The minimum Gasteiger partial charge on any atom is -0.481 e. The van der Waals surface area contributed by atoms with Crippen molar-refractivity contribution in [3.05, 3.63) is 29.3 Å². The highest BCUT2D eigenvalue weighted by atomic mass is 19.4. The Bertz CT molecular complexity index is 514. The van der Waals surface area contributed by atoms with E-state index in [9.17, 15) is 22.8 Å². The minimum atomic E-state index is -4.74. The maximum absolute atomic E-state index is 12.8. The van der Waals surface area contributed by atoms with Crippen LogP contribution in [0.4, 0.5) is 13.2 Å². The fraction of sp³-hybridized carbons (Fsp3) is 0.333. The average molecular weight is 291 g/mol. The summed E-state index contributed by atoms with van der Waals surface area (Å²) in [7, 11) is 0. The number of amides is 1. The number of alkyl halides is 3. The molecule has 110 valence electrons. The van der Waals surface area contributed by atoms with Gasteiger partial charge in [-0.3, -0.25) is 4.79 Å². The first-order valence-corrected chi connectivity index (χ1v) is 5.55. The molecule has 0 aliphatic carbocycles. The summed E-state index contributed by atoms with van der Waals surface area (Å²) in [5, 5.41) is 0. The fourth-order valence-corrected chi connectivity index (χ4v) is 1.37. The van der Waals surface area contributed by atoms with Crippen molar-refractivity contribution in [3.63, 3.8) is 0 Å². The van der Waals surface area contributed by atoms with Crippen molar-refractivity contribution in [3.8, 4) is 5.75 Å². The molecule has 20 heavy (non-hydrogen) atoms. The van der Waals surface area contributed by atoms with E-state index in [-0.39, 0.29) is 12.2 Å². The summed E-state index contributed by atoms with van der Waals surface area (Å²) < 4.78 is 47.7. The van der Waals surface area contributed by atoms with E-state index in [1.165, 1.54) is 0 Å². The number of hydrogen-bond acceptors (Lipinski definition) is 4. The molecule has 2 N–H and O–H groups in total. The number of rotatable bonds is 5. The molecule has 0 aliphatic rings. The van der Waals surface area contributed by atoms with Crippen LogP contribution in [-0.2, 0) is 15.7 Å². The Labute approximate surface area is 112 Å². The van der Waals surface area contributed by atoms with Crippen LogP contribution < -0.4 is 10.5 Å². The Morgan fingerprint density at radius 2 is 1.95 bits per heavy atom. The Kier molecular flexibility index (Phi) is 4.95. The number of primary amides is 1. The van der Waals surface area contributed by atoms with E-state index in [1.54, 1.807) is 6.92 Å². The third-order valence-corrected chi connectivity index (χ3v) is 2.22. The van der Waals surface area contributed by atoms with E-state index in [0.717, 1.165) is 12.1 Å². The lowest BCUT2D eigenvalue weighted by molar-refractivity contribution is -0.147. The molecule has 0 heterocycles. The summed E-state index contributed by atoms with van der Waals surface area (Å²) in [5.41, 5.74) is 3.43. The monoisotopic (exact) mass is 291 g/mol. The van der Waals surface area contributed by atoms with E-state index < -0.39 is 36.0 Å². The summed E-state index contributed by atoms with van der Waals surface area (Å²) in [4.78, 5) is 21.9. The second-order valence-electron chi connectivity index (χ2n) is 3.67. The van der Waals surface area contributed by atoms with Gasteiger partial charge in [0.2, 0.25) is 5.91 Å². The molecule has 0 saturated heterocycles. The standard InChI is InChI=1S/C12H12F3NO4/c1-2-19-10(17)6-20-9-4-3-7(11(16)18)5-8(9)12(13,14)15/h3-5H,2,6H2,1H3,(H2,16,18). The van der Waals surface area contributed by atoms with Gasteiger partial charge in [0, 0.05) is 5.56 Å². The molecule has 0 aliphatic heterocycles. The quantitative estimate of drug-likeness (QED) is 0.838. The zero-order valence-electron chi connectivity index (χ0n) is 10.5. The van der Waals surface area contributed by atoms with Crippen LogP contribution in [0.2, 0.25) is 0 Å². The molecule has 1 aromatic carbocycles. The largest absolute Gasteiger partial charge is 0.481 e. The Morgan fingerprint density at radius 3 is 2.45 bits per heavy atom. The van der Waals surface area contributed by atoms with Gasteiger partial charge in [-0.15, -0.1) is 0 Å². The zero-order valence-corrected chi connectivity index (χ0v) is 10.5. The lowest BCUT2D eigenvalue weighted by atomic mass is 10.1. The average Bonchev–Trinajstić information content (AvgIpc) is 2.35. The van der Waals surface area contributed by atoms with Crippen LogP contribution in [0.25, 0.3) is 0 Å². The van der Waals surface area contributed by atoms with Gasteiger partial charge in [0.15, 0.2) is 6.61 Å². The van der Waals surface area contributed by atoms with Crippen molar-refractivity contribution in [1.82, 2.24) is 0 Å². The third-order valence-electron chi connectivity index (χ3n) is 2.22. The summed E-state index contributed by atoms with van der Waals surface area (Å²) in [6, 6.07) is 2.59. The van der Waals surface area contributed by atoms with Gasteiger partial charge in [0.25, 0.3) is 0 Å². The van der Waals surface area contributed by atoms with Gasteiger partial charge < -0.3 is 15.2 Å². The zero-order chi connectivity index (χ0) is 15.3. The highest BCUT2D eigenvalue weighted by molar-refractivity contribution is 5.93. The van der Waals surface area contributed by atoms with Gasteiger partial charge >= 0.3 is 12.1 Å². The molecule has 1 aromatic rings. The van der Waals surface area contributed by atoms with Gasteiger partial charge in [-0.05, 0) is 25.1 Å². The molecule has 1 amide bonds. The van der Waals surface area contributed by atoms with Crippen molar-refractivity contribution < 1.29 is 32.2 Å². The summed E-state index contributed by atoms with van der Waals surface area (Å²) in [6.45, 7) is 0.989. The predicted molar refractivity (Wildman–Crippen MR) is 62.1 cm³/mol. The topological polar surface area (TPSA) is 78.6 Å². The first-order valence-electron chi connectivity index (χ1n) is 5.55. The lowest BCUT2D eigenvalue weighted by Gasteiger charge is -2.14. The summed E-state index contributed by atoms with van der Waals surface area (Å²) in [6.07, 6.45) is -4.74. The van der Waals surface area contributed by atoms with Gasteiger partial charge in [-0.25, -0.2) is 4.79 Å². The summed E-state index contributed by atoms with van der Waals surface area (Å²) >= 11 is 0. The maximum atomic E-state index is 12.8. The van der Waals surface area contributed by atoms with E-state index in [2.05, 4.69) is 4.74 Å². The second kappa shape index (κ2) is 6.27. The molecule has 0 atom stereocenters. The molecule has 5 nitrogen and oxygen atoms in total. The van der Waals surface area contributed by atoms with Gasteiger partial charge in [0.05, 0.1) is 12.2 Å². The molecule has 0 saturated carbocycles. The highest BCUT2D eigenvalue weighted by Gasteiger charge is 2.35. The molecule has 0 unspecified atom stereocenters. The normalized spacial score (nSPS) is 11.0. The van der Waals surface area contributed by atoms with Crippen LogP contribution in [0, 0.1) is 0 Å². The molecular weight excluding hydrogens is 279 g/mol. The van der Waals surface area contributed by atoms with Crippen LogP contribution in [0.5, 0.6) is 5.75 Å². The molecule has 0 radical (unpaired) electrons.